The molecule has 0 spiro atoms. The molecule has 3 atom stereocenters. The molecule has 0 aromatic heterocycles. The molecule has 1 N–H and O–H groups in total. The molecule has 0 bridgehead atoms. The zero-order chi connectivity index (χ0) is 21.3. The van der Waals surface area contributed by atoms with E-state index in [0.29, 0.717) is 19.8 Å². The summed E-state index contributed by atoms with van der Waals surface area (Å²) in [6.45, 7) is 3.44. The van der Waals surface area contributed by atoms with Crippen molar-refractivity contribution in [3.63, 3.8) is 0 Å². The molecule has 0 radical (unpaired) electrons. The molecule has 0 saturated carbocycles. The number of aliphatic hydroxyl groups is 1. The zero-order valence-corrected chi connectivity index (χ0v) is 17.8. The Hall–Kier alpha value is -2.50. The minimum absolute atomic E-state index is 0.0470. The summed E-state index contributed by atoms with van der Waals surface area (Å²) in [7, 11) is 0. The lowest BCUT2D eigenvalue weighted by Gasteiger charge is -2.27. The second-order valence-electron chi connectivity index (χ2n) is 8.19. The third kappa shape index (κ3) is 6.02. The van der Waals surface area contributed by atoms with Crippen LogP contribution in [0.1, 0.15) is 16.7 Å². The largest absolute Gasteiger partial charge is 0.395 e. The van der Waals surface area contributed by atoms with E-state index in [1.54, 1.807) is 0 Å². The third-order valence-corrected chi connectivity index (χ3v) is 5.93. The number of ether oxygens (including phenoxy) is 2. The van der Waals surface area contributed by atoms with Crippen molar-refractivity contribution in [2.24, 2.45) is 5.92 Å². The molecule has 0 amide bonds. The first-order valence-corrected chi connectivity index (χ1v) is 11.0. The van der Waals surface area contributed by atoms with Crippen LogP contribution in [0.25, 0.3) is 0 Å². The van der Waals surface area contributed by atoms with E-state index >= 15 is 0 Å². The maximum absolute atomic E-state index is 10.2. The SMILES string of the molecule is OC[C@H]1[C@H](OCc2ccccc2)[C@@H](COCc2ccccc2)CN1Cc1ccccc1. The summed E-state index contributed by atoms with van der Waals surface area (Å²) in [6, 6.07) is 30.8. The van der Waals surface area contributed by atoms with Crippen molar-refractivity contribution in [2.45, 2.75) is 31.9 Å². The molecule has 3 aromatic rings. The normalized spacial score (nSPS) is 21.4. The molecule has 162 valence electrons. The molecular formula is C27H31NO3. The highest BCUT2D eigenvalue weighted by Gasteiger charge is 2.42. The van der Waals surface area contributed by atoms with Crippen molar-refractivity contribution < 1.29 is 14.6 Å². The molecule has 1 fully saturated rings. The van der Waals surface area contributed by atoms with Crippen LogP contribution >= 0.6 is 0 Å². The van der Waals surface area contributed by atoms with Gasteiger partial charge in [-0.15, -0.1) is 0 Å². The molecule has 3 aromatic carbocycles. The Morgan fingerprint density at radius 3 is 1.87 bits per heavy atom. The molecule has 4 heteroatoms. The van der Waals surface area contributed by atoms with Gasteiger partial charge in [0.25, 0.3) is 0 Å². The predicted octanol–water partition coefficient (Wildman–Crippen LogP) is 4.28. The van der Waals surface area contributed by atoms with E-state index in [2.05, 4.69) is 53.4 Å². The minimum atomic E-state index is -0.0790. The Bertz CT molecular complexity index is 888. The van der Waals surface area contributed by atoms with Gasteiger partial charge in [-0.25, -0.2) is 0 Å². The summed E-state index contributed by atoms with van der Waals surface area (Å²) >= 11 is 0. The number of nitrogens with zero attached hydrogens (tertiary/aromatic N) is 1. The number of rotatable bonds is 10. The molecule has 31 heavy (non-hydrogen) atoms. The minimum Gasteiger partial charge on any atom is -0.395 e. The number of likely N-dealkylation sites (tertiary alicyclic amines) is 1. The number of benzene rings is 3. The molecular weight excluding hydrogens is 386 g/mol. The van der Waals surface area contributed by atoms with Gasteiger partial charge in [0.2, 0.25) is 0 Å². The Morgan fingerprint density at radius 1 is 0.742 bits per heavy atom. The highest BCUT2D eigenvalue weighted by Crippen LogP contribution is 2.29. The van der Waals surface area contributed by atoms with Crippen LogP contribution in [0.5, 0.6) is 0 Å². The maximum Gasteiger partial charge on any atom is 0.0819 e. The lowest BCUT2D eigenvalue weighted by atomic mass is 10.0. The van der Waals surface area contributed by atoms with Gasteiger partial charge >= 0.3 is 0 Å². The van der Waals surface area contributed by atoms with Gasteiger partial charge in [-0.05, 0) is 16.7 Å². The molecule has 1 saturated heterocycles. The van der Waals surface area contributed by atoms with Crippen molar-refractivity contribution in [3.05, 3.63) is 108 Å². The zero-order valence-electron chi connectivity index (χ0n) is 17.8. The van der Waals surface area contributed by atoms with Gasteiger partial charge in [0.1, 0.15) is 0 Å². The lowest BCUT2D eigenvalue weighted by molar-refractivity contribution is -0.0386. The third-order valence-electron chi connectivity index (χ3n) is 5.93. The van der Waals surface area contributed by atoms with Crippen LogP contribution < -0.4 is 0 Å². The van der Waals surface area contributed by atoms with Gasteiger partial charge in [-0.2, -0.15) is 0 Å². The van der Waals surface area contributed by atoms with E-state index in [0.717, 1.165) is 18.7 Å². The second kappa shape index (κ2) is 11.2. The second-order valence-corrected chi connectivity index (χ2v) is 8.19. The highest BCUT2D eigenvalue weighted by atomic mass is 16.5. The molecule has 1 aliphatic heterocycles. The standard InChI is InChI=1S/C27H31NO3/c29-18-26-27(31-20-24-14-8-3-9-15-24)25(21-30-19-23-12-6-2-7-13-23)17-28(26)16-22-10-4-1-5-11-22/h1-15,25-27,29H,16-21H2/t25-,26+,27-/m1/s1. The van der Waals surface area contributed by atoms with Crippen molar-refractivity contribution in [1.29, 1.82) is 0 Å². The van der Waals surface area contributed by atoms with Gasteiger partial charge in [0.15, 0.2) is 0 Å². The van der Waals surface area contributed by atoms with Gasteiger partial charge in [0.05, 0.1) is 38.6 Å². The average molecular weight is 418 g/mol. The first-order chi connectivity index (χ1) is 15.3. The molecule has 0 aliphatic carbocycles. The summed E-state index contributed by atoms with van der Waals surface area (Å²) in [5.41, 5.74) is 3.56. The molecule has 0 unspecified atom stereocenters. The first-order valence-electron chi connectivity index (χ1n) is 11.0. The Labute approximate surface area is 185 Å². The van der Waals surface area contributed by atoms with Crippen LogP contribution in [0.15, 0.2) is 91.0 Å². The van der Waals surface area contributed by atoms with Gasteiger partial charge in [-0.3, -0.25) is 4.90 Å². The Balaban J connectivity index is 1.43. The van der Waals surface area contributed by atoms with E-state index in [1.165, 1.54) is 11.1 Å². The fourth-order valence-corrected chi connectivity index (χ4v) is 4.35. The molecule has 1 heterocycles. The van der Waals surface area contributed by atoms with E-state index in [-0.39, 0.29) is 24.7 Å². The van der Waals surface area contributed by atoms with Gasteiger partial charge in [-0.1, -0.05) is 91.0 Å². The number of aliphatic hydroxyl groups excluding tert-OH is 1. The van der Waals surface area contributed by atoms with Crippen LogP contribution in [0, 0.1) is 5.92 Å². The lowest BCUT2D eigenvalue weighted by Crippen LogP contribution is -2.40. The van der Waals surface area contributed by atoms with E-state index < -0.39 is 0 Å². The quantitative estimate of drug-likeness (QED) is 0.535. The molecule has 4 nitrogen and oxygen atoms in total. The molecule has 4 rings (SSSR count). The maximum atomic E-state index is 10.2. The number of hydrogen-bond acceptors (Lipinski definition) is 4. The van der Waals surface area contributed by atoms with Crippen LogP contribution in [0.4, 0.5) is 0 Å². The summed E-state index contributed by atoms with van der Waals surface area (Å²) in [4.78, 5) is 2.33. The van der Waals surface area contributed by atoms with E-state index in [9.17, 15) is 5.11 Å². The van der Waals surface area contributed by atoms with Crippen LogP contribution in [-0.4, -0.2) is 41.9 Å². The number of hydrogen-bond donors (Lipinski definition) is 1. The smallest absolute Gasteiger partial charge is 0.0819 e. The summed E-state index contributed by atoms with van der Waals surface area (Å²) in [5, 5.41) is 10.2. The van der Waals surface area contributed by atoms with E-state index in [1.807, 2.05) is 42.5 Å². The van der Waals surface area contributed by atoms with Gasteiger partial charge in [0, 0.05) is 19.0 Å². The van der Waals surface area contributed by atoms with Crippen LogP contribution in [0.2, 0.25) is 0 Å². The Kier molecular flexibility index (Phi) is 7.86. The summed E-state index contributed by atoms with van der Waals surface area (Å²) in [6.07, 6.45) is -0.0790. The average Bonchev–Trinajstić information content (AvgIpc) is 3.15. The fraction of sp³-hybridized carbons (Fsp3) is 0.333. The van der Waals surface area contributed by atoms with Crippen molar-refractivity contribution in [3.8, 4) is 0 Å². The van der Waals surface area contributed by atoms with Crippen molar-refractivity contribution in [2.75, 3.05) is 19.8 Å². The summed E-state index contributed by atoms with van der Waals surface area (Å²) in [5.74, 6) is 0.202. The summed E-state index contributed by atoms with van der Waals surface area (Å²) < 4.78 is 12.5. The highest BCUT2D eigenvalue weighted by molar-refractivity contribution is 5.16. The molecule has 1 aliphatic rings. The topological polar surface area (TPSA) is 41.9 Å². The van der Waals surface area contributed by atoms with Crippen molar-refractivity contribution in [1.82, 2.24) is 4.90 Å². The van der Waals surface area contributed by atoms with Crippen LogP contribution in [-0.2, 0) is 29.2 Å². The monoisotopic (exact) mass is 417 g/mol. The van der Waals surface area contributed by atoms with Crippen molar-refractivity contribution >= 4 is 0 Å². The Morgan fingerprint density at radius 2 is 1.29 bits per heavy atom. The van der Waals surface area contributed by atoms with Crippen LogP contribution in [0.3, 0.4) is 0 Å². The predicted molar refractivity (Wildman–Crippen MR) is 122 cm³/mol. The van der Waals surface area contributed by atoms with Gasteiger partial charge < -0.3 is 14.6 Å². The fourth-order valence-electron chi connectivity index (χ4n) is 4.35. The first kappa shape index (κ1) is 21.7. The van der Waals surface area contributed by atoms with E-state index in [4.69, 9.17) is 9.47 Å².